The van der Waals surface area contributed by atoms with Gasteiger partial charge in [-0.3, -0.25) is 14.9 Å². The van der Waals surface area contributed by atoms with E-state index in [1.165, 1.54) is 26.4 Å². The number of nitro benzene ring substituents is 1. The quantitative estimate of drug-likeness (QED) is 0.649. The molecule has 0 saturated heterocycles. The van der Waals surface area contributed by atoms with Crippen molar-refractivity contribution in [3.05, 3.63) is 57.6 Å². The molecule has 0 bridgehead atoms. The van der Waals surface area contributed by atoms with E-state index in [0.717, 1.165) is 5.56 Å². The highest BCUT2D eigenvalue weighted by Crippen LogP contribution is 2.26. The fourth-order valence-corrected chi connectivity index (χ4v) is 2.25. The molecule has 7 nitrogen and oxygen atoms in total. The van der Waals surface area contributed by atoms with Crippen LogP contribution in [0.1, 0.15) is 11.1 Å². The summed E-state index contributed by atoms with van der Waals surface area (Å²) < 4.78 is 10.4. The third-order valence-electron chi connectivity index (χ3n) is 3.54. The van der Waals surface area contributed by atoms with Crippen LogP contribution < -0.4 is 14.8 Å². The Kier molecular flexibility index (Phi) is 5.36. The van der Waals surface area contributed by atoms with E-state index in [4.69, 9.17) is 9.47 Å². The molecule has 0 atom stereocenters. The number of aryl methyl sites for hydroxylation is 1. The van der Waals surface area contributed by atoms with Crippen molar-refractivity contribution in [2.45, 2.75) is 13.3 Å². The molecule has 0 aromatic heterocycles. The lowest BCUT2D eigenvalue weighted by Crippen LogP contribution is -2.16. The zero-order valence-electron chi connectivity index (χ0n) is 13.7. The first-order valence-corrected chi connectivity index (χ1v) is 7.20. The van der Waals surface area contributed by atoms with Gasteiger partial charge in [-0.25, -0.2) is 0 Å². The Morgan fingerprint density at radius 1 is 1.17 bits per heavy atom. The molecule has 1 amide bonds. The lowest BCUT2D eigenvalue weighted by Gasteiger charge is -2.12. The molecule has 0 fully saturated rings. The van der Waals surface area contributed by atoms with E-state index in [2.05, 4.69) is 5.32 Å². The Hall–Kier alpha value is -3.09. The average Bonchev–Trinajstić information content (AvgIpc) is 2.56. The first kappa shape index (κ1) is 17.3. The number of rotatable bonds is 6. The third-order valence-corrected chi connectivity index (χ3v) is 3.54. The van der Waals surface area contributed by atoms with Gasteiger partial charge in [-0.1, -0.05) is 6.07 Å². The van der Waals surface area contributed by atoms with Gasteiger partial charge in [0.1, 0.15) is 11.5 Å². The summed E-state index contributed by atoms with van der Waals surface area (Å²) >= 11 is 0. The molecule has 0 radical (unpaired) electrons. The van der Waals surface area contributed by atoms with Gasteiger partial charge in [-0.05, 0) is 30.7 Å². The van der Waals surface area contributed by atoms with E-state index in [0.29, 0.717) is 22.7 Å². The Balaban J connectivity index is 2.20. The summed E-state index contributed by atoms with van der Waals surface area (Å²) in [4.78, 5) is 22.7. The first-order chi connectivity index (χ1) is 11.4. The van der Waals surface area contributed by atoms with Crippen LogP contribution in [-0.4, -0.2) is 25.1 Å². The highest BCUT2D eigenvalue weighted by atomic mass is 16.6. The van der Waals surface area contributed by atoms with Gasteiger partial charge in [0.2, 0.25) is 5.91 Å². The van der Waals surface area contributed by atoms with Crippen LogP contribution in [0.15, 0.2) is 36.4 Å². The summed E-state index contributed by atoms with van der Waals surface area (Å²) in [6, 6.07) is 9.52. The van der Waals surface area contributed by atoms with Crippen LogP contribution in [0, 0.1) is 17.0 Å². The second kappa shape index (κ2) is 7.45. The van der Waals surface area contributed by atoms with Crippen molar-refractivity contribution in [3.8, 4) is 11.5 Å². The fraction of sp³-hybridized carbons (Fsp3) is 0.235. The molecule has 126 valence electrons. The van der Waals surface area contributed by atoms with Crippen LogP contribution in [0.2, 0.25) is 0 Å². The molecule has 2 aromatic rings. The van der Waals surface area contributed by atoms with Crippen LogP contribution in [0.25, 0.3) is 0 Å². The number of amides is 1. The number of anilines is 1. The van der Waals surface area contributed by atoms with Crippen LogP contribution in [0.4, 0.5) is 11.4 Å². The summed E-state index contributed by atoms with van der Waals surface area (Å²) in [6.45, 7) is 1.77. The number of carbonyl (C=O) groups excluding carboxylic acids is 1. The molecule has 2 rings (SSSR count). The molecule has 24 heavy (non-hydrogen) atoms. The fourth-order valence-electron chi connectivity index (χ4n) is 2.25. The minimum Gasteiger partial charge on any atom is -0.497 e. The van der Waals surface area contributed by atoms with Gasteiger partial charge in [0, 0.05) is 17.7 Å². The van der Waals surface area contributed by atoms with Gasteiger partial charge >= 0.3 is 0 Å². The predicted octanol–water partition coefficient (Wildman–Crippen LogP) is 3.10. The second-order valence-corrected chi connectivity index (χ2v) is 5.16. The Bertz CT molecular complexity index is 774. The van der Waals surface area contributed by atoms with E-state index in [1.807, 2.05) is 0 Å². The number of nitrogens with zero attached hydrogens (tertiary/aromatic N) is 1. The largest absolute Gasteiger partial charge is 0.497 e. The van der Waals surface area contributed by atoms with Gasteiger partial charge in [0.15, 0.2) is 0 Å². The molecule has 0 unspecified atom stereocenters. The Morgan fingerprint density at radius 3 is 2.54 bits per heavy atom. The van der Waals surface area contributed by atoms with Crippen molar-refractivity contribution in [2.24, 2.45) is 0 Å². The molecule has 7 heteroatoms. The number of hydrogen-bond acceptors (Lipinski definition) is 5. The summed E-state index contributed by atoms with van der Waals surface area (Å²) in [5.74, 6) is 0.886. The van der Waals surface area contributed by atoms with Crippen molar-refractivity contribution in [2.75, 3.05) is 19.5 Å². The summed E-state index contributed by atoms with van der Waals surface area (Å²) in [6.07, 6.45) is 0.0580. The zero-order chi connectivity index (χ0) is 17.7. The lowest BCUT2D eigenvalue weighted by molar-refractivity contribution is -0.384. The molecule has 0 aliphatic heterocycles. The molecule has 1 N–H and O–H groups in total. The number of hydrogen-bond donors (Lipinski definition) is 1. The Morgan fingerprint density at radius 2 is 1.92 bits per heavy atom. The lowest BCUT2D eigenvalue weighted by atomic mass is 10.1. The second-order valence-electron chi connectivity index (χ2n) is 5.16. The van der Waals surface area contributed by atoms with Gasteiger partial charge in [0.25, 0.3) is 5.69 Å². The van der Waals surface area contributed by atoms with Gasteiger partial charge < -0.3 is 14.8 Å². The summed E-state index contributed by atoms with van der Waals surface area (Å²) in [5.41, 5.74) is 1.75. The van der Waals surface area contributed by atoms with Crippen molar-refractivity contribution in [1.82, 2.24) is 0 Å². The average molecular weight is 330 g/mol. The van der Waals surface area contributed by atoms with E-state index in [1.54, 1.807) is 31.2 Å². The molecule has 0 spiro atoms. The molecular formula is C17H18N2O5. The number of benzene rings is 2. The van der Waals surface area contributed by atoms with E-state index < -0.39 is 4.92 Å². The van der Waals surface area contributed by atoms with Crippen LogP contribution in [0.5, 0.6) is 11.5 Å². The van der Waals surface area contributed by atoms with E-state index in [-0.39, 0.29) is 18.0 Å². The normalized spacial score (nSPS) is 10.1. The van der Waals surface area contributed by atoms with E-state index >= 15 is 0 Å². The van der Waals surface area contributed by atoms with Crippen molar-refractivity contribution in [3.63, 3.8) is 0 Å². The minimum absolute atomic E-state index is 0.0580. The number of non-ortho nitro benzene ring substituents is 1. The van der Waals surface area contributed by atoms with Crippen LogP contribution in [-0.2, 0) is 11.2 Å². The van der Waals surface area contributed by atoms with Gasteiger partial charge in [0.05, 0.1) is 31.3 Å². The molecule has 0 saturated carbocycles. The highest BCUT2D eigenvalue weighted by molar-refractivity contribution is 5.93. The molecule has 2 aromatic carbocycles. The SMILES string of the molecule is COc1ccc(OC)c(CC(=O)Nc2cc([N+](=O)[O-])ccc2C)c1. The van der Waals surface area contributed by atoms with Crippen molar-refractivity contribution in [1.29, 1.82) is 0 Å². The topological polar surface area (TPSA) is 90.7 Å². The maximum atomic E-state index is 12.3. The van der Waals surface area contributed by atoms with Crippen LogP contribution >= 0.6 is 0 Å². The number of nitrogens with one attached hydrogen (secondary N) is 1. The van der Waals surface area contributed by atoms with Crippen molar-refractivity contribution >= 4 is 17.3 Å². The molecule has 0 aliphatic carbocycles. The minimum atomic E-state index is -0.500. The van der Waals surface area contributed by atoms with E-state index in [9.17, 15) is 14.9 Å². The molecule has 0 aliphatic rings. The molecule has 0 heterocycles. The maximum absolute atomic E-state index is 12.3. The third kappa shape index (κ3) is 4.01. The zero-order valence-corrected chi connectivity index (χ0v) is 13.7. The Labute approximate surface area is 139 Å². The number of methoxy groups -OCH3 is 2. The summed E-state index contributed by atoms with van der Waals surface area (Å²) in [5, 5.41) is 13.6. The molecular weight excluding hydrogens is 312 g/mol. The number of nitro groups is 1. The smallest absolute Gasteiger partial charge is 0.271 e. The number of ether oxygens (including phenoxy) is 2. The predicted molar refractivity (Wildman–Crippen MR) is 89.7 cm³/mol. The number of carbonyl (C=O) groups is 1. The monoisotopic (exact) mass is 330 g/mol. The first-order valence-electron chi connectivity index (χ1n) is 7.20. The van der Waals surface area contributed by atoms with Gasteiger partial charge in [-0.15, -0.1) is 0 Å². The standard InChI is InChI=1S/C17H18N2O5/c1-11-4-5-13(19(21)22)10-15(11)18-17(20)9-12-8-14(23-2)6-7-16(12)24-3/h4-8,10H,9H2,1-3H3,(H,18,20). The highest BCUT2D eigenvalue weighted by Gasteiger charge is 2.14. The van der Waals surface area contributed by atoms with Crippen LogP contribution in [0.3, 0.4) is 0 Å². The van der Waals surface area contributed by atoms with Crippen molar-refractivity contribution < 1.29 is 19.2 Å². The van der Waals surface area contributed by atoms with Gasteiger partial charge in [-0.2, -0.15) is 0 Å². The summed E-state index contributed by atoms with van der Waals surface area (Å²) in [7, 11) is 3.06. The maximum Gasteiger partial charge on any atom is 0.271 e.